The van der Waals surface area contributed by atoms with Crippen molar-refractivity contribution in [1.29, 1.82) is 0 Å². The molecule has 136 valence electrons. The van der Waals surface area contributed by atoms with E-state index < -0.39 is 0 Å². The molecule has 0 aliphatic carbocycles. The molecular weight excluding hydrogens is 336 g/mol. The van der Waals surface area contributed by atoms with Gasteiger partial charge in [-0.1, -0.05) is 36.4 Å². The molecular formula is C23H22N2O2. The molecule has 0 radical (unpaired) electrons. The van der Waals surface area contributed by atoms with Crippen molar-refractivity contribution in [1.82, 2.24) is 0 Å². The number of benzene rings is 3. The molecule has 4 heteroatoms. The van der Waals surface area contributed by atoms with Crippen LogP contribution in [0.25, 0.3) is 0 Å². The molecule has 0 bridgehead atoms. The van der Waals surface area contributed by atoms with Crippen LogP contribution >= 0.6 is 0 Å². The summed E-state index contributed by atoms with van der Waals surface area (Å²) in [6.45, 7) is 4.05. The Balaban J connectivity index is 1.60. The number of anilines is 2. The summed E-state index contributed by atoms with van der Waals surface area (Å²) in [6.07, 6.45) is 0.315. The Morgan fingerprint density at radius 2 is 1.41 bits per heavy atom. The van der Waals surface area contributed by atoms with Crippen LogP contribution in [0.15, 0.2) is 72.8 Å². The molecule has 0 aromatic heterocycles. The van der Waals surface area contributed by atoms with Gasteiger partial charge < -0.3 is 10.6 Å². The number of rotatable bonds is 5. The summed E-state index contributed by atoms with van der Waals surface area (Å²) < 4.78 is 0. The molecule has 0 fully saturated rings. The van der Waals surface area contributed by atoms with E-state index in [1.54, 1.807) is 24.3 Å². The molecule has 4 nitrogen and oxygen atoms in total. The molecule has 0 aliphatic rings. The standard InChI is InChI=1S/C23H22N2O2/c1-16-8-11-21(14-17(16)2)25-23(27)19-9-12-20(13-10-19)24-22(26)15-18-6-4-3-5-7-18/h3-14H,15H2,1-2H3,(H,24,26)(H,25,27). The first kappa shape index (κ1) is 18.4. The molecule has 0 unspecified atom stereocenters. The van der Waals surface area contributed by atoms with Gasteiger partial charge in [0, 0.05) is 16.9 Å². The minimum absolute atomic E-state index is 0.0893. The minimum Gasteiger partial charge on any atom is -0.326 e. The van der Waals surface area contributed by atoms with Crippen molar-refractivity contribution in [3.63, 3.8) is 0 Å². The highest BCUT2D eigenvalue weighted by atomic mass is 16.2. The average Bonchev–Trinajstić information content (AvgIpc) is 2.66. The van der Waals surface area contributed by atoms with Gasteiger partial charge in [-0.05, 0) is 66.9 Å². The zero-order valence-corrected chi connectivity index (χ0v) is 15.5. The lowest BCUT2D eigenvalue weighted by Gasteiger charge is -2.09. The monoisotopic (exact) mass is 358 g/mol. The third kappa shape index (κ3) is 5.05. The molecule has 3 aromatic carbocycles. The molecule has 0 spiro atoms. The summed E-state index contributed by atoms with van der Waals surface area (Å²) in [5, 5.41) is 5.74. The molecule has 27 heavy (non-hydrogen) atoms. The van der Waals surface area contributed by atoms with Gasteiger partial charge in [0.15, 0.2) is 0 Å². The van der Waals surface area contributed by atoms with Crippen LogP contribution < -0.4 is 10.6 Å². The molecule has 0 atom stereocenters. The Labute approximate surface area is 159 Å². The van der Waals surface area contributed by atoms with E-state index in [0.29, 0.717) is 17.7 Å². The third-order valence-corrected chi connectivity index (χ3v) is 4.40. The van der Waals surface area contributed by atoms with Gasteiger partial charge in [0.25, 0.3) is 5.91 Å². The van der Waals surface area contributed by atoms with Crippen LogP contribution in [0.5, 0.6) is 0 Å². The fraction of sp³-hybridized carbons (Fsp3) is 0.130. The number of hydrogen-bond donors (Lipinski definition) is 2. The van der Waals surface area contributed by atoms with Crippen molar-refractivity contribution in [2.24, 2.45) is 0 Å². The molecule has 0 saturated heterocycles. The van der Waals surface area contributed by atoms with Gasteiger partial charge in [0.05, 0.1) is 6.42 Å². The van der Waals surface area contributed by atoms with E-state index in [1.807, 2.05) is 62.4 Å². The Morgan fingerprint density at radius 1 is 0.741 bits per heavy atom. The van der Waals surface area contributed by atoms with Crippen molar-refractivity contribution in [2.75, 3.05) is 10.6 Å². The molecule has 2 amide bonds. The maximum atomic E-state index is 12.4. The van der Waals surface area contributed by atoms with Gasteiger partial charge in [-0.15, -0.1) is 0 Å². The molecule has 3 rings (SSSR count). The van der Waals surface area contributed by atoms with E-state index in [1.165, 1.54) is 5.56 Å². The number of aryl methyl sites for hydroxylation is 2. The van der Waals surface area contributed by atoms with Crippen molar-refractivity contribution in [3.8, 4) is 0 Å². The van der Waals surface area contributed by atoms with Crippen LogP contribution in [-0.2, 0) is 11.2 Å². The summed E-state index contributed by atoms with van der Waals surface area (Å²) in [5.74, 6) is -0.269. The van der Waals surface area contributed by atoms with Crippen molar-refractivity contribution >= 4 is 23.2 Å². The number of hydrogen-bond acceptors (Lipinski definition) is 2. The average molecular weight is 358 g/mol. The topological polar surface area (TPSA) is 58.2 Å². The van der Waals surface area contributed by atoms with Gasteiger partial charge in [0.2, 0.25) is 5.91 Å². The fourth-order valence-electron chi connectivity index (χ4n) is 2.71. The highest BCUT2D eigenvalue weighted by molar-refractivity contribution is 6.04. The number of carbonyl (C=O) groups excluding carboxylic acids is 2. The second-order valence-electron chi connectivity index (χ2n) is 6.54. The summed E-state index contributed by atoms with van der Waals surface area (Å²) >= 11 is 0. The highest BCUT2D eigenvalue weighted by Crippen LogP contribution is 2.16. The number of amides is 2. The largest absolute Gasteiger partial charge is 0.326 e. The SMILES string of the molecule is Cc1ccc(NC(=O)c2ccc(NC(=O)Cc3ccccc3)cc2)cc1C. The van der Waals surface area contributed by atoms with Crippen LogP contribution in [0.1, 0.15) is 27.0 Å². The predicted molar refractivity (Wildman–Crippen MR) is 109 cm³/mol. The van der Waals surface area contributed by atoms with Crippen LogP contribution in [-0.4, -0.2) is 11.8 Å². The minimum atomic E-state index is -0.180. The molecule has 0 heterocycles. The lowest BCUT2D eigenvalue weighted by molar-refractivity contribution is -0.115. The summed E-state index contributed by atoms with van der Waals surface area (Å²) in [4.78, 5) is 24.5. The van der Waals surface area contributed by atoms with E-state index >= 15 is 0 Å². The predicted octanol–water partition coefficient (Wildman–Crippen LogP) is 4.74. The van der Waals surface area contributed by atoms with E-state index in [4.69, 9.17) is 0 Å². The molecule has 3 aromatic rings. The van der Waals surface area contributed by atoms with E-state index in [-0.39, 0.29) is 11.8 Å². The summed E-state index contributed by atoms with van der Waals surface area (Å²) in [5.41, 5.74) is 5.24. The normalized spacial score (nSPS) is 10.3. The van der Waals surface area contributed by atoms with Crippen molar-refractivity contribution in [3.05, 3.63) is 95.1 Å². The summed E-state index contributed by atoms with van der Waals surface area (Å²) in [7, 11) is 0. The van der Waals surface area contributed by atoms with Crippen LogP contribution in [0.3, 0.4) is 0 Å². The first-order valence-corrected chi connectivity index (χ1v) is 8.84. The van der Waals surface area contributed by atoms with Gasteiger partial charge in [-0.2, -0.15) is 0 Å². The second-order valence-corrected chi connectivity index (χ2v) is 6.54. The van der Waals surface area contributed by atoms with Crippen LogP contribution in [0, 0.1) is 13.8 Å². The number of nitrogens with one attached hydrogen (secondary N) is 2. The Bertz CT molecular complexity index is 948. The highest BCUT2D eigenvalue weighted by Gasteiger charge is 2.08. The Kier molecular flexibility index (Phi) is 5.67. The Morgan fingerprint density at radius 3 is 2.07 bits per heavy atom. The van der Waals surface area contributed by atoms with Gasteiger partial charge in [-0.25, -0.2) is 0 Å². The van der Waals surface area contributed by atoms with Crippen molar-refractivity contribution in [2.45, 2.75) is 20.3 Å². The first-order valence-electron chi connectivity index (χ1n) is 8.84. The molecule has 0 aliphatic heterocycles. The first-order chi connectivity index (χ1) is 13.0. The second kappa shape index (κ2) is 8.32. The number of carbonyl (C=O) groups is 2. The maximum absolute atomic E-state index is 12.4. The quantitative estimate of drug-likeness (QED) is 0.692. The summed E-state index contributed by atoms with van der Waals surface area (Å²) in [6, 6.07) is 22.3. The zero-order chi connectivity index (χ0) is 19.2. The van der Waals surface area contributed by atoms with Crippen molar-refractivity contribution < 1.29 is 9.59 Å². The third-order valence-electron chi connectivity index (χ3n) is 4.40. The van der Waals surface area contributed by atoms with Crippen LogP contribution in [0.4, 0.5) is 11.4 Å². The lowest BCUT2D eigenvalue weighted by atomic mass is 10.1. The smallest absolute Gasteiger partial charge is 0.255 e. The van der Waals surface area contributed by atoms with Gasteiger partial charge in [0.1, 0.15) is 0 Å². The van der Waals surface area contributed by atoms with Gasteiger partial charge in [-0.3, -0.25) is 9.59 Å². The maximum Gasteiger partial charge on any atom is 0.255 e. The van der Waals surface area contributed by atoms with Crippen LogP contribution in [0.2, 0.25) is 0 Å². The molecule has 0 saturated carbocycles. The van der Waals surface area contributed by atoms with E-state index in [0.717, 1.165) is 16.8 Å². The molecule has 2 N–H and O–H groups in total. The van der Waals surface area contributed by atoms with E-state index in [9.17, 15) is 9.59 Å². The van der Waals surface area contributed by atoms with Gasteiger partial charge >= 0.3 is 0 Å². The van der Waals surface area contributed by atoms with E-state index in [2.05, 4.69) is 10.6 Å². The zero-order valence-electron chi connectivity index (χ0n) is 15.5. The fourth-order valence-corrected chi connectivity index (χ4v) is 2.71. The Hall–Kier alpha value is -3.40. The lowest BCUT2D eigenvalue weighted by Crippen LogP contribution is -2.15.